The molecule has 1 N–H and O–H groups in total. The normalized spacial score (nSPS) is 57.8. The van der Waals surface area contributed by atoms with Crippen molar-refractivity contribution < 1.29 is 12.2 Å². The van der Waals surface area contributed by atoms with Crippen LogP contribution in [0.3, 0.4) is 0 Å². The topological polar surface area (TPSA) is 23.5 Å². The molecule has 1 spiro atoms. The molecule has 0 aromatic heterocycles. The van der Waals surface area contributed by atoms with Crippen LogP contribution < -0.4 is 0 Å². The van der Waals surface area contributed by atoms with Crippen LogP contribution in [0.4, 0.5) is 4.39 Å². The van der Waals surface area contributed by atoms with Gasteiger partial charge in [-0.15, -0.1) is 0 Å². The summed E-state index contributed by atoms with van der Waals surface area (Å²) in [5.41, 5.74) is -1.12. The molecule has 1 saturated carbocycles. The molecule has 0 unspecified atom stereocenters. The van der Waals surface area contributed by atoms with Crippen LogP contribution in [0.1, 0.15) is 28.4 Å². The molecule has 3 aliphatic rings. The molecular weight excluding hydrogens is 169 g/mol. The van der Waals surface area contributed by atoms with Crippen LogP contribution in [-0.4, -0.2) is 41.4 Å². The van der Waals surface area contributed by atoms with Gasteiger partial charge < -0.3 is 5.11 Å². The first kappa shape index (κ1) is 6.36. The molecule has 13 heavy (non-hydrogen) atoms. The number of nitrogens with zero attached hydrogens (tertiary/aromatic N) is 1. The van der Waals surface area contributed by atoms with Crippen molar-refractivity contribution >= 4 is 0 Å². The number of fused-ring (bicyclic) bond motifs is 1. The quantitative estimate of drug-likeness (QED) is 0.660. The Labute approximate surface area is 80.5 Å². The number of rotatable bonds is 1. The molecule has 74 valence electrons. The van der Waals surface area contributed by atoms with Gasteiger partial charge in [-0.1, -0.05) is 0 Å². The highest BCUT2D eigenvalue weighted by Crippen LogP contribution is 2.61. The van der Waals surface area contributed by atoms with Gasteiger partial charge in [-0.05, 0) is 32.2 Å². The SMILES string of the molecule is [2H]C([2H])(O)[C@@]12CCCN1C[C@]1(C[C@H]1F)C2. The predicted octanol–water partition coefficient (Wildman–Crippen LogP) is 0.945. The van der Waals surface area contributed by atoms with Gasteiger partial charge in [-0.25, -0.2) is 4.39 Å². The van der Waals surface area contributed by atoms with Crippen LogP contribution in [0, 0.1) is 5.41 Å². The average Bonchev–Trinajstić information content (AvgIpc) is 2.45. The molecule has 3 rings (SSSR count). The first-order valence-electron chi connectivity index (χ1n) is 6.01. The first-order chi connectivity index (χ1) is 6.90. The second kappa shape index (κ2) is 2.26. The zero-order valence-electron chi connectivity index (χ0n) is 9.59. The lowest BCUT2D eigenvalue weighted by atomic mass is 9.89. The fraction of sp³-hybridized carbons (Fsp3) is 1.00. The molecule has 0 aromatic carbocycles. The molecule has 3 heteroatoms. The van der Waals surface area contributed by atoms with E-state index in [1.807, 2.05) is 4.90 Å². The number of hydrogen-bond acceptors (Lipinski definition) is 2. The Hall–Kier alpha value is -0.150. The van der Waals surface area contributed by atoms with Gasteiger partial charge in [-0.2, -0.15) is 0 Å². The lowest BCUT2D eigenvalue weighted by molar-refractivity contribution is 0.0996. The van der Waals surface area contributed by atoms with Crippen molar-refractivity contribution in [3.63, 3.8) is 0 Å². The van der Waals surface area contributed by atoms with E-state index < -0.39 is 18.3 Å². The van der Waals surface area contributed by atoms with Gasteiger partial charge in [0.15, 0.2) is 0 Å². The van der Waals surface area contributed by atoms with E-state index in [9.17, 15) is 9.50 Å². The summed E-state index contributed by atoms with van der Waals surface area (Å²) in [6.07, 6.45) is 1.84. The minimum absolute atomic E-state index is 0.323. The summed E-state index contributed by atoms with van der Waals surface area (Å²) >= 11 is 0. The largest absolute Gasteiger partial charge is 0.394 e. The van der Waals surface area contributed by atoms with Crippen molar-refractivity contribution in [1.82, 2.24) is 4.90 Å². The van der Waals surface area contributed by atoms with Crippen molar-refractivity contribution in [2.24, 2.45) is 5.41 Å². The minimum atomic E-state index is -2.20. The van der Waals surface area contributed by atoms with Crippen molar-refractivity contribution in [1.29, 1.82) is 0 Å². The molecule has 2 aliphatic heterocycles. The van der Waals surface area contributed by atoms with Crippen LogP contribution in [-0.2, 0) is 0 Å². The molecular formula is C10H16FNO. The highest BCUT2D eigenvalue weighted by molar-refractivity contribution is 5.18. The zero-order valence-corrected chi connectivity index (χ0v) is 7.59. The maximum Gasteiger partial charge on any atom is 0.108 e. The van der Waals surface area contributed by atoms with E-state index in [1.54, 1.807) is 0 Å². The second-order valence-electron chi connectivity index (χ2n) is 4.88. The van der Waals surface area contributed by atoms with Crippen molar-refractivity contribution in [3.05, 3.63) is 0 Å². The Kier molecular flexibility index (Phi) is 1.10. The monoisotopic (exact) mass is 187 g/mol. The molecule has 3 fully saturated rings. The molecule has 2 saturated heterocycles. The number of aliphatic hydroxyl groups is 1. The Bertz CT molecular complexity index is 308. The van der Waals surface area contributed by atoms with E-state index >= 15 is 0 Å². The third kappa shape index (κ3) is 0.895. The molecule has 0 aromatic rings. The average molecular weight is 187 g/mol. The summed E-state index contributed by atoms with van der Waals surface area (Å²) in [7, 11) is 0. The lowest BCUT2D eigenvalue weighted by Crippen LogP contribution is -2.41. The second-order valence-corrected chi connectivity index (χ2v) is 4.88. The third-order valence-corrected chi connectivity index (χ3v) is 4.07. The number of halogens is 1. The fourth-order valence-electron chi connectivity index (χ4n) is 3.19. The summed E-state index contributed by atoms with van der Waals surface area (Å²) in [5.74, 6) is 0. The van der Waals surface area contributed by atoms with Crippen LogP contribution in [0.25, 0.3) is 0 Å². The summed E-state index contributed by atoms with van der Waals surface area (Å²) < 4.78 is 28.5. The molecule has 2 heterocycles. The Morgan fingerprint density at radius 1 is 1.69 bits per heavy atom. The van der Waals surface area contributed by atoms with Crippen molar-refractivity contribution in [2.45, 2.75) is 37.4 Å². The van der Waals surface area contributed by atoms with E-state index in [0.717, 1.165) is 13.0 Å². The first-order valence-corrected chi connectivity index (χ1v) is 5.01. The molecule has 0 radical (unpaired) electrons. The van der Waals surface area contributed by atoms with Gasteiger partial charge in [0.2, 0.25) is 0 Å². The Balaban J connectivity index is 1.93. The van der Waals surface area contributed by atoms with Crippen LogP contribution >= 0.6 is 0 Å². The zero-order chi connectivity index (χ0) is 10.9. The van der Waals surface area contributed by atoms with E-state index in [2.05, 4.69) is 0 Å². The van der Waals surface area contributed by atoms with E-state index in [-0.39, 0.29) is 5.41 Å². The van der Waals surface area contributed by atoms with E-state index in [0.29, 0.717) is 25.8 Å². The molecule has 2 nitrogen and oxygen atoms in total. The van der Waals surface area contributed by atoms with E-state index in [4.69, 9.17) is 2.74 Å². The standard InChI is InChI=1S/C10H16FNO/c11-8-4-9(8)5-10(7-13)2-1-3-12(10)6-9/h8,13H,1-7H2/t8-,9+,10+/m1/s1/i7D2. The summed E-state index contributed by atoms with van der Waals surface area (Å²) in [5, 5.41) is 9.69. The smallest absolute Gasteiger partial charge is 0.108 e. The fourth-order valence-corrected chi connectivity index (χ4v) is 3.19. The highest BCUT2D eigenvalue weighted by Gasteiger charge is 2.66. The molecule has 1 aliphatic carbocycles. The minimum Gasteiger partial charge on any atom is -0.394 e. The highest BCUT2D eigenvalue weighted by atomic mass is 19.1. The summed E-state index contributed by atoms with van der Waals surface area (Å²) in [6, 6.07) is 0. The van der Waals surface area contributed by atoms with Gasteiger partial charge in [-0.3, -0.25) is 4.90 Å². The molecule has 0 amide bonds. The van der Waals surface area contributed by atoms with Gasteiger partial charge in [0.25, 0.3) is 0 Å². The van der Waals surface area contributed by atoms with Gasteiger partial charge >= 0.3 is 0 Å². The van der Waals surface area contributed by atoms with Crippen molar-refractivity contribution in [3.8, 4) is 0 Å². The summed E-state index contributed by atoms with van der Waals surface area (Å²) in [6.45, 7) is -0.766. The Morgan fingerprint density at radius 3 is 3.00 bits per heavy atom. The molecule has 0 bridgehead atoms. The number of alkyl halides is 1. The van der Waals surface area contributed by atoms with Gasteiger partial charge in [0, 0.05) is 17.5 Å². The maximum atomic E-state index is 13.3. The maximum absolute atomic E-state index is 13.3. The molecule has 3 atom stereocenters. The number of hydrogen-bond donors (Lipinski definition) is 1. The van der Waals surface area contributed by atoms with Gasteiger partial charge in [0.1, 0.15) is 6.17 Å². The van der Waals surface area contributed by atoms with Crippen LogP contribution in [0.2, 0.25) is 0 Å². The predicted molar refractivity (Wildman–Crippen MR) is 47.2 cm³/mol. The van der Waals surface area contributed by atoms with Crippen molar-refractivity contribution in [2.75, 3.05) is 19.6 Å². The van der Waals surface area contributed by atoms with Gasteiger partial charge in [0.05, 0.1) is 9.30 Å². The summed E-state index contributed by atoms with van der Waals surface area (Å²) in [4.78, 5) is 1.98. The van der Waals surface area contributed by atoms with E-state index in [1.165, 1.54) is 0 Å². The third-order valence-electron chi connectivity index (χ3n) is 4.07. The Morgan fingerprint density at radius 2 is 2.46 bits per heavy atom. The lowest BCUT2D eigenvalue weighted by Gasteiger charge is -2.29. The van der Waals surface area contributed by atoms with Crippen LogP contribution in [0.15, 0.2) is 0 Å². The van der Waals surface area contributed by atoms with Crippen LogP contribution in [0.5, 0.6) is 0 Å².